The predicted molar refractivity (Wildman–Crippen MR) is 108 cm³/mol. The molecule has 0 unspecified atom stereocenters. The number of benzene rings is 2. The van der Waals surface area contributed by atoms with E-state index >= 15 is 0 Å². The molecule has 26 heavy (non-hydrogen) atoms. The molecule has 136 valence electrons. The van der Waals surface area contributed by atoms with E-state index < -0.39 is 0 Å². The molecule has 0 saturated carbocycles. The van der Waals surface area contributed by atoms with E-state index in [1.54, 1.807) is 6.21 Å². The summed E-state index contributed by atoms with van der Waals surface area (Å²) in [6.07, 6.45) is 1.62. The Labute approximate surface area is 160 Å². The largest absolute Gasteiger partial charge is 0.297 e. The number of thiol groups is 1. The van der Waals surface area contributed by atoms with Crippen molar-refractivity contribution in [2.45, 2.75) is 11.4 Å². The lowest BCUT2D eigenvalue weighted by atomic mass is 10.2. The van der Waals surface area contributed by atoms with Crippen molar-refractivity contribution >= 4 is 24.8 Å². The minimum absolute atomic E-state index is 0.0885. The van der Waals surface area contributed by atoms with E-state index in [1.165, 1.54) is 5.56 Å². The quantitative estimate of drug-likeness (QED) is 0.467. The fraction of sp³-hybridized carbons (Fsp3) is 0.300. The standard InChI is InChI=1S/C20H24N4OS/c25-20(22-21-14-18-8-4-5-9-19(18)26)16-24-12-10-23(11-13-24)15-17-6-2-1-3-7-17/h1-9,14,26H,10-13,15-16H2,(H,22,25)/b21-14+. The van der Waals surface area contributed by atoms with Crippen LogP contribution in [0.5, 0.6) is 0 Å². The molecule has 1 N–H and O–H groups in total. The molecule has 5 nitrogen and oxygen atoms in total. The molecule has 1 amide bonds. The number of carbonyl (C=O) groups is 1. The van der Waals surface area contributed by atoms with Gasteiger partial charge in [-0.15, -0.1) is 12.6 Å². The first-order valence-electron chi connectivity index (χ1n) is 8.79. The summed E-state index contributed by atoms with van der Waals surface area (Å²) in [7, 11) is 0. The number of carbonyl (C=O) groups excluding carboxylic acids is 1. The van der Waals surface area contributed by atoms with Crippen LogP contribution >= 0.6 is 12.6 Å². The van der Waals surface area contributed by atoms with Crippen LogP contribution in [0, 0.1) is 0 Å². The Morgan fingerprint density at radius 1 is 1.00 bits per heavy atom. The van der Waals surface area contributed by atoms with Gasteiger partial charge in [-0.2, -0.15) is 5.10 Å². The number of hydrazone groups is 1. The fourth-order valence-corrected chi connectivity index (χ4v) is 3.17. The van der Waals surface area contributed by atoms with Gasteiger partial charge in [0.1, 0.15) is 0 Å². The van der Waals surface area contributed by atoms with E-state index in [0.29, 0.717) is 6.54 Å². The topological polar surface area (TPSA) is 47.9 Å². The van der Waals surface area contributed by atoms with Crippen molar-refractivity contribution in [3.05, 3.63) is 65.7 Å². The number of piperazine rings is 1. The van der Waals surface area contributed by atoms with Gasteiger partial charge < -0.3 is 0 Å². The van der Waals surface area contributed by atoms with Crippen LogP contribution in [0.2, 0.25) is 0 Å². The number of rotatable bonds is 6. The lowest BCUT2D eigenvalue weighted by molar-refractivity contribution is -0.122. The van der Waals surface area contributed by atoms with Crippen molar-refractivity contribution in [1.29, 1.82) is 0 Å². The molecule has 0 atom stereocenters. The summed E-state index contributed by atoms with van der Waals surface area (Å²) in [4.78, 5) is 17.5. The molecule has 1 fully saturated rings. The molecule has 0 radical (unpaired) electrons. The molecule has 0 aromatic heterocycles. The summed E-state index contributed by atoms with van der Waals surface area (Å²) in [5.74, 6) is -0.0885. The van der Waals surface area contributed by atoms with Crippen LogP contribution in [0.1, 0.15) is 11.1 Å². The fourth-order valence-electron chi connectivity index (χ4n) is 2.96. The number of hydrogen-bond acceptors (Lipinski definition) is 5. The Hall–Kier alpha value is -2.15. The van der Waals surface area contributed by atoms with E-state index in [4.69, 9.17) is 0 Å². The van der Waals surface area contributed by atoms with E-state index in [1.807, 2.05) is 30.3 Å². The van der Waals surface area contributed by atoms with Gasteiger partial charge in [0.05, 0.1) is 12.8 Å². The van der Waals surface area contributed by atoms with Crippen LogP contribution in [-0.2, 0) is 11.3 Å². The number of amides is 1. The zero-order valence-electron chi connectivity index (χ0n) is 14.7. The summed E-state index contributed by atoms with van der Waals surface area (Å²) in [5, 5.41) is 4.03. The Morgan fingerprint density at radius 2 is 1.65 bits per heavy atom. The zero-order valence-corrected chi connectivity index (χ0v) is 15.6. The van der Waals surface area contributed by atoms with Gasteiger partial charge in [0.15, 0.2) is 0 Å². The highest BCUT2D eigenvalue weighted by Crippen LogP contribution is 2.10. The average Bonchev–Trinajstić information content (AvgIpc) is 2.66. The van der Waals surface area contributed by atoms with E-state index in [-0.39, 0.29) is 5.91 Å². The van der Waals surface area contributed by atoms with E-state index in [2.05, 4.69) is 57.2 Å². The molecule has 1 heterocycles. The lowest BCUT2D eigenvalue weighted by Crippen LogP contribution is -2.48. The minimum Gasteiger partial charge on any atom is -0.297 e. The molecule has 6 heteroatoms. The maximum atomic E-state index is 12.1. The summed E-state index contributed by atoms with van der Waals surface area (Å²) in [6, 6.07) is 18.1. The Bertz CT molecular complexity index is 742. The Morgan fingerprint density at radius 3 is 2.38 bits per heavy atom. The highest BCUT2D eigenvalue weighted by molar-refractivity contribution is 7.80. The maximum Gasteiger partial charge on any atom is 0.254 e. The highest BCUT2D eigenvalue weighted by Gasteiger charge is 2.18. The lowest BCUT2D eigenvalue weighted by Gasteiger charge is -2.34. The molecule has 2 aromatic rings. The van der Waals surface area contributed by atoms with Crippen molar-refractivity contribution in [2.24, 2.45) is 5.10 Å². The van der Waals surface area contributed by atoms with Gasteiger partial charge in [-0.25, -0.2) is 5.43 Å². The van der Waals surface area contributed by atoms with Gasteiger partial charge in [0, 0.05) is 43.2 Å². The van der Waals surface area contributed by atoms with Gasteiger partial charge in [0.2, 0.25) is 0 Å². The third kappa shape index (κ3) is 5.69. The van der Waals surface area contributed by atoms with Crippen molar-refractivity contribution < 1.29 is 4.79 Å². The first kappa shape index (κ1) is 18.6. The third-order valence-corrected chi connectivity index (χ3v) is 4.82. The van der Waals surface area contributed by atoms with Gasteiger partial charge in [-0.3, -0.25) is 14.6 Å². The summed E-state index contributed by atoms with van der Waals surface area (Å²) in [5.41, 5.74) is 4.81. The van der Waals surface area contributed by atoms with Crippen molar-refractivity contribution in [3.63, 3.8) is 0 Å². The SMILES string of the molecule is O=C(CN1CCN(Cc2ccccc2)CC1)N/N=C/c1ccccc1S. The number of nitrogens with one attached hydrogen (secondary N) is 1. The van der Waals surface area contributed by atoms with Gasteiger partial charge >= 0.3 is 0 Å². The maximum absolute atomic E-state index is 12.1. The molecule has 0 aliphatic carbocycles. The van der Waals surface area contributed by atoms with Crippen LogP contribution in [0.15, 0.2) is 64.6 Å². The Balaban J connectivity index is 1.39. The van der Waals surface area contributed by atoms with Crippen LogP contribution in [0.4, 0.5) is 0 Å². The van der Waals surface area contributed by atoms with Crippen LogP contribution in [-0.4, -0.2) is 54.6 Å². The Kier molecular flexibility index (Phi) is 6.82. The normalized spacial score (nSPS) is 16.0. The van der Waals surface area contributed by atoms with Gasteiger partial charge in [0.25, 0.3) is 5.91 Å². The zero-order chi connectivity index (χ0) is 18.2. The number of hydrogen-bond donors (Lipinski definition) is 2. The number of nitrogens with zero attached hydrogens (tertiary/aromatic N) is 3. The highest BCUT2D eigenvalue weighted by atomic mass is 32.1. The molecular weight excluding hydrogens is 344 g/mol. The summed E-state index contributed by atoms with van der Waals surface area (Å²) < 4.78 is 0. The summed E-state index contributed by atoms with van der Waals surface area (Å²) >= 11 is 4.36. The molecule has 1 saturated heterocycles. The molecule has 2 aromatic carbocycles. The first-order chi connectivity index (χ1) is 12.7. The van der Waals surface area contributed by atoms with Crippen molar-refractivity contribution in [3.8, 4) is 0 Å². The van der Waals surface area contributed by atoms with Gasteiger partial charge in [-0.1, -0.05) is 48.5 Å². The predicted octanol–water partition coefficient (Wildman–Crippen LogP) is 2.24. The van der Waals surface area contributed by atoms with E-state index in [0.717, 1.165) is 43.2 Å². The molecule has 0 bridgehead atoms. The smallest absolute Gasteiger partial charge is 0.254 e. The minimum atomic E-state index is -0.0885. The molecule has 0 spiro atoms. The monoisotopic (exact) mass is 368 g/mol. The second kappa shape index (κ2) is 9.52. The molecule has 1 aliphatic rings. The van der Waals surface area contributed by atoms with Crippen molar-refractivity contribution in [1.82, 2.24) is 15.2 Å². The molecular formula is C20H24N4OS. The van der Waals surface area contributed by atoms with Crippen LogP contribution < -0.4 is 5.43 Å². The van der Waals surface area contributed by atoms with Crippen molar-refractivity contribution in [2.75, 3.05) is 32.7 Å². The summed E-state index contributed by atoms with van der Waals surface area (Å²) in [6.45, 7) is 5.07. The second-order valence-electron chi connectivity index (χ2n) is 6.39. The average molecular weight is 369 g/mol. The second-order valence-corrected chi connectivity index (χ2v) is 6.87. The van der Waals surface area contributed by atoms with E-state index in [9.17, 15) is 4.79 Å². The first-order valence-corrected chi connectivity index (χ1v) is 9.24. The molecule has 1 aliphatic heterocycles. The van der Waals surface area contributed by atoms with Crippen LogP contribution in [0.3, 0.4) is 0 Å². The molecule has 3 rings (SSSR count). The third-order valence-electron chi connectivity index (χ3n) is 4.41. The van der Waals surface area contributed by atoms with Crippen LogP contribution in [0.25, 0.3) is 0 Å². The van der Waals surface area contributed by atoms with Gasteiger partial charge in [-0.05, 0) is 11.6 Å².